The Morgan fingerprint density at radius 1 is 1.33 bits per heavy atom. The van der Waals surface area contributed by atoms with E-state index in [2.05, 4.69) is 36.5 Å². The summed E-state index contributed by atoms with van der Waals surface area (Å²) in [7, 11) is 0. The first-order valence-electron chi connectivity index (χ1n) is 8.18. The molecule has 4 nitrogen and oxygen atoms in total. The van der Waals surface area contributed by atoms with E-state index >= 15 is 0 Å². The fraction of sp³-hybridized carbons (Fsp3) is 0.500. The predicted molar refractivity (Wildman–Crippen MR) is 107 cm³/mol. The summed E-state index contributed by atoms with van der Waals surface area (Å²) in [6.07, 6.45) is 6.65. The number of thioether (sulfide) groups is 1. The van der Waals surface area contributed by atoms with Crippen LogP contribution < -0.4 is 11.1 Å². The van der Waals surface area contributed by atoms with E-state index in [0.717, 1.165) is 29.3 Å². The second-order valence-electron chi connectivity index (χ2n) is 5.98. The van der Waals surface area contributed by atoms with E-state index in [-0.39, 0.29) is 23.1 Å². The molecule has 134 valence electrons. The normalized spacial score (nSPS) is 12.7. The Morgan fingerprint density at radius 3 is 2.62 bits per heavy atom. The molecular weight excluding hydrogens is 342 g/mol. The summed E-state index contributed by atoms with van der Waals surface area (Å²) in [6, 6.07) is 7.55. The molecule has 0 saturated carbocycles. The van der Waals surface area contributed by atoms with Gasteiger partial charge in [-0.3, -0.25) is 4.79 Å². The van der Waals surface area contributed by atoms with Crippen LogP contribution in [0.3, 0.4) is 0 Å². The van der Waals surface area contributed by atoms with Gasteiger partial charge in [-0.1, -0.05) is 32.0 Å². The molecule has 0 aliphatic carbocycles. The summed E-state index contributed by atoms with van der Waals surface area (Å²) >= 11 is 1.82. The van der Waals surface area contributed by atoms with Gasteiger partial charge in [-0.25, -0.2) is 0 Å². The molecular formula is C18H28ClN3OS. The molecule has 2 aromatic rings. The number of rotatable bonds is 8. The van der Waals surface area contributed by atoms with E-state index in [4.69, 9.17) is 5.73 Å². The Morgan fingerprint density at radius 2 is 2.00 bits per heavy atom. The molecule has 6 heteroatoms. The van der Waals surface area contributed by atoms with E-state index in [1.165, 1.54) is 0 Å². The Bertz CT molecular complexity index is 646. The smallest absolute Gasteiger partial charge is 0.237 e. The fourth-order valence-electron chi connectivity index (χ4n) is 2.87. The number of halogens is 1. The summed E-state index contributed by atoms with van der Waals surface area (Å²) in [5, 5.41) is 4.18. The van der Waals surface area contributed by atoms with Gasteiger partial charge in [0, 0.05) is 28.4 Å². The van der Waals surface area contributed by atoms with Crippen LogP contribution in [-0.4, -0.2) is 34.5 Å². The number of hydrogen-bond acceptors (Lipinski definition) is 3. The number of aromatic amines is 1. The van der Waals surface area contributed by atoms with Gasteiger partial charge in [0.1, 0.15) is 0 Å². The molecule has 0 bridgehead atoms. The number of carbonyl (C=O) groups excluding carboxylic acids is 1. The summed E-state index contributed by atoms with van der Waals surface area (Å²) in [4.78, 5) is 15.6. The number of fused-ring (bicyclic) bond motifs is 1. The number of para-hydroxylation sites is 1. The van der Waals surface area contributed by atoms with E-state index in [9.17, 15) is 4.79 Å². The van der Waals surface area contributed by atoms with Gasteiger partial charge >= 0.3 is 0 Å². The summed E-state index contributed by atoms with van der Waals surface area (Å²) in [6.45, 7) is 5.00. The molecule has 0 spiro atoms. The zero-order chi connectivity index (χ0) is 16.9. The molecule has 1 amide bonds. The fourth-order valence-corrected chi connectivity index (χ4v) is 3.66. The van der Waals surface area contributed by atoms with Gasteiger partial charge in [0.15, 0.2) is 0 Å². The predicted octanol–water partition coefficient (Wildman–Crippen LogP) is 3.50. The van der Waals surface area contributed by atoms with Crippen LogP contribution in [0.15, 0.2) is 30.5 Å². The molecule has 4 N–H and O–H groups in total. The highest BCUT2D eigenvalue weighted by Gasteiger charge is 2.26. The first kappa shape index (κ1) is 20.9. The van der Waals surface area contributed by atoms with Crippen LogP contribution >= 0.6 is 24.2 Å². The van der Waals surface area contributed by atoms with Crippen LogP contribution in [0.2, 0.25) is 0 Å². The lowest BCUT2D eigenvalue weighted by molar-refractivity contribution is -0.122. The van der Waals surface area contributed by atoms with Crippen LogP contribution in [0, 0.1) is 0 Å². The summed E-state index contributed by atoms with van der Waals surface area (Å²) in [5.41, 5.74) is 8.29. The number of nitrogens with one attached hydrogen (secondary N) is 2. The average molecular weight is 370 g/mol. The van der Waals surface area contributed by atoms with Crippen molar-refractivity contribution in [2.75, 3.05) is 12.8 Å². The van der Waals surface area contributed by atoms with Gasteiger partial charge in [0.2, 0.25) is 5.91 Å². The van der Waals surface area contributed by atoms with Crippen molar-refractivity contribution in [2.45, 2.75) is 43.9 Å². The maximum Gasteiger partial charge on any atom is 0.237 e. The number of nitrogens with two attached hydrogens (primary N) is 1. The zero-order valence-electron chi connectivity index (χ0n) is 14.6. The Hall–Kier alpha value is -1.17. The third kappa shape index (κ3) is 4.68. The maximum atomic E-state index is 12.3. The van der Waals surface area contributed by atoms with E-state index in [0.29, 0.717) is 13.0 Å². The third-order valence-corrected chi connectivity index (χ3v) is 6.35. The van der Waals surface area contributed by atoms with Gasteiger partial charge in [0.05, 0.1) is 6.04 Å². The van der Waals surface area contributed by atoms with Gasteiger partial charge in [-0.15, -0.1) is 12.4 Å². The van der Waals surface area contributed by atoms with E-state index in [1.54, 1.807) is 0 Å². The lowest BCUT2D eigenvalue weighted by Gasteiger charge is -2.30. The monoisotopic (exact) mass is 369 g/mol. The average Bonchev–Trinajstić information content (AvgIpc) is 2.99. The second-order valence-corrected chi connectivity index (χ2v) is 7.26. The first-order valence-corrected chi connectivity index (χ1v) is 9.41. The van der Waals surface area contributed by atoms with Crippen LogP contribution in [0.25, 0.3) is 10.9 Å². The number of carbonyl (C=O) groups is 1. The number of hydrogen-bond donors (Lipinski definition) is 3. The van der Waals surface area contributed by atoms with Crippen molar-refractivity contribution < 1.29 is 4.79 Å². The summed E-state index contributed by atoms with van der Waals surface area (Å²) < 4.78 is 0.107. The van der Waals surface area contributed by atoms with Crippen molar-refractivity contribution in [2.24, 2.45) is 5.73 Å². The number of H-pyrrole nitrogens is 1. The maximum absolute atomic E-state index is 12.3. The minimum Gasteiger partial charge on any atom is -0.361 e. The highest BCUT2D eigenvalue weighted by Crippen LogP contribution is 2.29. The highest BCUT2D eigenvalue weighted by atomic mass is 35.5. The highest BCUT2D eigenvalue weighted by molar-refractivity contribution is 8.00. The topological polar surface area (TPSA) is 70.9 Å². The molecule has 2 rings (SSSR count). The molecule has 24 heavy (non-hydrogen) atoms. The Labute approximate surface area is 154 Å². The molecule has 1 atom stereocenters. The van der Waals surface area contributed by atoms with E-state index < -0.39 is 6.04 Å². The standard InChI is InChI=1S/C18H27N3OS.ClH/c1-4-18(5-2,23-3)12-21-17(22)15(19)10-13-11-20-16-9-7-6-8-14(13)16;/h6-9,11,15,20H,4-5,10,12,19H2,1-3H3,(H,21,22);1H/t15-;/m0./s1. The number of aromatic nitrogens is 1. The summed E-state index contributed by atoms with van der Waals surface area (Å²) in [5.74, 6) is -0.0735. The minimum atomic E-state index is -0.525. The molecule has 0 unspecified atom stereocenters. The number of amides is 1. The van der Waals surface area contributed by atoms with Crippen LogP contribution in [0.1, 0.15) is 32.3 Å². The molecule has 1 aromatic heterocycles. The quantitative estimate of drug-likeness (QED) is 0.666. The second kappa shape index (κ2) is 9.35. The van der Waals surface area contributed by atoms with Crippen LogP contribution in [0.4, 0.5) is 0 Å². The first-order chi connectivity index (χ1) is 11.0. The Kier molecular flexibility index (Phi) is 8.13. The lowest BCUT2D eigenvalue weighted by Crippen LogP contribution is -2.47. The molecule has 1 aromatic carbocycles. The van der Waals surface area contributed by atoms with Gasteiger partial charge < -0.3 is 16.0 Å². The van der Waals surface area contributed by atoms with Crippen molar-refractivity contribution in [3.63, 3.8) is 0 Å². The minimum absolute atomic E-state index is 0. The molecule has 0 fully saturated rings. The van der Waals surface area contributed by atoms with Crippen LogP contribution in [0.5, 0.6) is 0 Å². The largest absolute Gasteiger partial charge is 0.361 e. The molecule has 0 aliphatic heterocycles. The van der Waals surface area contributed by atoms with Gasteiger partial charge in [0.25, 0.3) is 0 Å². The number of benzene rings is 1. The van der Waals surface area contributed by atoms with Crippen molar-refractivity contribution in [1.29, 1.82) is 0 Å². The van der Waals surface area contributed by atoms with Crippen LogP contribution in [-0.2, 0) is 11.2 Å². The zero-order valence-corrected chi connectivity index (χ0v) is 16.2. The van der Waals surface area contributed by atoms with Gasteiger partial charge in [-0.05, 0) is 37.1 Å². The Balaban J connectivity index is 0.00000288. The van der Waals surface area contributed by atoms with Crippen molar-refractivity contribution in [1.82, 2.24) is 10.3 Å². The molecule has 1 heterocycles. The molecule has 0 saturated heterocycles. The van der Waals surface area contributed by atoms with E-state index in [1.807, 2.05) is 36.2 Å². The molecule has 0 aliphatic rings. The lowest BCUT2D eigenvalue weighted by atomic mass is 10.0. The van der Waals surface area contributed by atoms with Crippen molar-refractivity contribution >= 4 is 41.0 Å². The van der Waals surface area contributed by atoms with Gasteiger partial charge in [-0.2, -0.15) is 11.8 Å². The van der Waals surface area contributed by atoms with Crippen molar-refractivity contribution in [3.05, 3.63) is 36.0 Å². The van der Waals surface area contributed by atoms with Crippen molar-refractivity contribution in [3.8, 4) is 0 Å². The molecule has 0 radical (unpaired) electrons. The SMILES string of the molecule is CCC(CC)(CNC(=O)[C@@H](N)Cc1c[nH]c2ccccc12)SC.Cl. The third-order valence-electron chi connectivity index (χ3n) is 4.76.